The van der Waals surface area contributed by atoms with Crippen molar-refractivity contribution in [3.05, 3.63) is 12.4 Å². The van der Waals surface area contributed by atoms with Gasteiger partial charge in [-0.3, -0.25) is 9.38 Å². The third-order valence-electron chi connectivity index (χ3n) is 5.48. The monoisotopic (exact) mass is 265 g/mol. The van der Waals surface area contributed by atoms with Crippen molar-refractivity contribution in [2.75, 3.05) is 20.8 Å². The van der Waals surface area contributed by atoms with E-state index < -0.39 is 0 Å². The second-order valence-electron chi connectivity index (χ2n) is 6.62. The molecule has 0 saturated carbocycles. The number of quaternary nitrogens is 1. The van der Waals surface area contributed by atoms with Gasteiger partial charge in [-0.05, 0) is 19.9 Å². The van der Waals surface area contributed by atoms with Crippen molar-refractivity contribution in [2.45, 2.75) is 50.2 Å². The first-order valence-electron chi connectivity index (χ1n) is 7.32. The number of fused-ring (bicyclic) bond motifs is 2. The maximum Gasteiger partial charge on any atom is 0.323 e. The Labute approximate surface area is 115 Å². The maximum absolute atomic E-state index is 11.3. The Kier molecular flexibility index (Phi) is 3.06. The number of rotatable bonds is 1. The van der Waals surface area contributed by atoms with Crippen molar-refractivity contribution in [3.8, 4) is 0 Å². The van der Waals surface area contributed by atoms with Crippen LogP contribution in [0.5, 0.6) is 0 Å². The van der Waals surface area contributed by atoms with Gasteiger partial charge in [-0.25, -0.2) is 9.69 Å². The third kappa shape index (κ3) is 2.15. The fraction of sp³-hybridized carbons (Fsp3) is 0.786. The van der Waals surface area contributed by atoms with Gasteiger partial charge in [0, 0.05) is 24.9 Å². The predicted molar refractivity (Wildman–Crippen MR) is 73.8 cm³/mol. The molecule has 2 saturated heterocycles. The number of carbonyl (C=O) groups is 1. The molecule has 3 aliphatic heterocycles. The first kappa shape index (κ1) is 12.9. The van der Waals surface area contributed by atoms with Gasteiger partial charge in [0.05, 0.1) is 19.3 Å². The molecule has 3 rings (SSSR count). The van der Waals surface area contributed by atoms with Crippen LogP contribution in [0, 0.1) is 0 Å². The lowest BCUT2D eigenvalue weighted by atomic mass is 9.81. The minimum Gasteiger partial charge on any atom is -0.351 e. The molecular formula is C14H25N4O+. The Balaban J connectivity index is 1.74. The number of nitrogens with two attached hydrogens (primary N) is 1. The number of carbonyl (C=O) groups excluding carboxylic acids is 1. The summed E-state index contributed by atoms with van der Waals surface area (Å²) in [7, 11) is 4.51. The summed E-state index contributed by atoms with van der Waals surface area (Å²) in [6.07, 6.45) is 10.5. The van der Waals surface area contributed by atoms with Crippen LogP contribution in [0.1, 0.15) is 32.1 Å². The molecule has 3 unspecified atom stereocenters. The fourth-order valence-corrected chi connectivity index (χ4v) is 4.10. The van der Waals surface area contributed by atoms with Crippen LogP contribution in [0.15, 0.2) is 12.4 Å². The average Bonchev–Trinajstić information content (AvgIpc) is 2.73. The van der Waals surface area contributed by atoms with Crippen LogP contribution < -0.4 is 5.73 Å². The van der Waals surface area contributed by atoms with Crippen LogP contribution in [0.2, 0.25) is 0 Å². The summed E-state index contributed by atoms with van der Waals surface area (Å²) < 4.78 is 0.837. The molecule has 2 bridgehead atoms. The van der Waals surface area contributed by atoms with Gasteiger partial charge in [0.2, 0.25) is 0 Å². The molecule has 0 aliphatic carbocycles. The van der Waals surface area contributed by atoms with Gasteiger partial charge in [0.25, 0.3) is 0 Å². The van der Waals surface area contributed by atoms with E-state index in [0.717, 1.165) is 16.6 Å². The molecule has 5 heteroatoms. The largest absolute Gasteiger partial charge is 0.351 e. The summed E-state index contributed by atoms with van der Waals surface area (Å²) in [5, 5.41) is 0. The highest BCUT2D eigenvalue weighted by Crippen LogP contribution is 2.38. The number of piperidine rings is 2. The van der Waals surface area contributed by atoms with E-state index in [0.29, 0.717) is 12.7 Å². The van der Waals surface area contributed by atoms with Crippen LogP contribution in [-0.4, -0.2) is 59.2 Å². The highest BCUT2D eigenvalue weighted by Gasteiger charge is 2.45. The predicted octanol–water partition coefficient (Wildman–Crippen LogP) is 1.27. The van der Waals surface area contributed by atoms with Crippen molar-refractivity contribution in [1.82, 2.24) is 9.80 Å². The SMILES string of the molecule is CN1C2CCCC1CC([N+]1(C)C=CN(C(N)=O)C1)C2. The van der Waals surface area contributed by atoms with Crippen molar-refractivity contribution in [2.24, 2.45) is 5.73 Å². The van der Waals surface area contributed by atoms with Crippen molar-refractivity contribution >= 4 is 6.03 Å². The zero-order valence-electron chi connectivity index (χ0n) is 12.0. The molecule has 19 heavy (non-hydrogen) atoms. The van der Waals surface area contributed by atoms with Crippen LogP contribution >= 0.6 is 0 Å². The van der Waals surface area contributed by atoms with Gasteiger partial charge in [0.1, 0.15) is 6.20 Å². The van der Waals surface area contributed by atoms with Gasteiger partial charge in [-0.1, -0.05) is 6.42 Å². The molecule has 0 aromatic carbocycles. The number of primary amides is 1. The quantitative estimate of drug-likeness (QED) is 0.726. The fourth-order valence-electron chi connectivity index (χ4n) is 4.10. The molecule has 2 amide bonds. The van der Waals surface area contributed by atoms with Crippen LogP contribution in [-0.2, 0) is 0 Å². The van der Waals surface area contributed by atoms with Crippen LogP contribution in [0.25, 0.3) is 0 Å². The smallest absolute Gasteiger partial charge is 0.323 e. The van der Waals surface area contributed by atoms with Crippen molar-refractivity contribution in [3.63, 3.8) is 0 Å². The summed E-state index contributed by atoms with van der Waals surface area (Å²) in [6.45, 7) is 0.698. The molecule has 3 atom stereocenters. The van der Waals surface area contributed by atoms with Gasteiger partial charge < -0.3 is 5.73 Å². The van der Waals surface area contributed by atoms with E-state index in [1.54, 1.807) is 4.90 Å². The number of amides is 2. The molecule has 0 spiro atoms. The van der Waals surface area contributed by atoms with E-state index in [9.17, 15) is 4.79 Å². The number of hydrogen-bond donors (Lipinski definition) is 1. The van der Waals surface area contributed by atoms with Crippen LogP contribution in [0.4, 0.5) is 4.79 Å². The summed E-state index contributed by atoms with van der Waals surface area (Å²) in [4.78, 5) is 15.5. The van der Waals surface area contributed by atoms with Crippen molar-refractivity contribution < 1.29 is 9.28 Å². The standard InChI is InChI=1S/C14H24N4O/c1-16-11-4-3-5-12(16)9-13(8-11)18(2)7-6-17(10-18)14(15)19/h6-7,11-13H,3-5,8-10H2,1-2H3,(H-,15,19)/p+1. The first-order chi connectivity index (χ1) is 8.99. The molecule has 106 valence electrons. The Morgan fingerprint density at radius 1 is 1.32 bits per heavy atom. The molecule has 0 aromatic heterocycles. The second-order valence-corrected chi connectivity index (χ2v) is 6.62. The molecule has 3 heterocycles. The number of urea groups is 1. The molecule has 0 aromatic rings. The van der Waals surface area contributed by atoms with E-state index in [1.807, 2.05) is 6.20 Å². The lowest BCUT2D eigenvalue weighted by Gasteiger charge is -2.50. The molecule has 2 fully saturated rings. The van der Waals surface area contributed by atoms with E-state index in [1.165, 1.54) is 32.1 Å². The Morgan fingerprint density at radius 2 is 1.95 bits per heavy atom. The highest BCUT2D eigenvalue weighted by atomic mass is 16.2. The second kappa shape index (κ2) is 4.49. The molecule has 5 nitrogen and oxygen atoms in total. The zero-order valence-corrected chi connectivity index (χ0v) is 12.0. The van der Waals surface area contributed by atoms with Gasteiger partial charge in [0.15, 0.2) is 6.67 Å². The highest BCUT2D eigenvalue weighted by molar-refractivity contribution is 5.73. The van der Waals surface area contributed by atoms with E-state index in [-0.39, 0.29) is 6.03 Å². The summed E-state index contributed by atoms with van der Waals surface area (Å²) in [5.41, 5.74) is 5.38. The van der Waals surface area contributed by atoms with E-state index in [4.69, 9.17) is 5.73 Å². The molecule has 0 radical (unpaired) electrons. The maximum atomic E-state index is 11.3. The lowest BCUT2D eigenvalue weighted by molar-refractivity contribution is -0.888. The van der Waals surface area contributed by atoms with Gasteiger partial charge >= 0.3 is 6.03 Å². The topological polar surface area (TPSA) is 49.6 Å². The van der Waals surface area contributed by atoms with Crippen molar-refractivity contribution in [1.29, 1.82) is 0 Å². The van der Waals surface area contributed by atoms with E-state index >= 15 is 0 Å². The summed E-state index contributed by atoms with van der Waals surface area (Å²) in [5.74, 6) is 0. The molecule has 3 aliphatic rings. The minimum absolute atomic E-state index is 0.341. The van der Waals surface area contributed by atoms with E-state index in [2.05, 4.69) is 25.2 Å². The number of nitrogens with zero attached hydrogens (tertiary/aromatic N) is 3. The van der Waals surface area contributed by atoms with Crippen LogP contribution in [0.3, 0.4) is 0 Å². The molecular weight excluding hydrogens is 240 g/mol. The zero-order chi connectivity index (χ0) is 13.6. The Hall–Kier alpha value is -1.07. The van der Waals surface area contributed by atoms with Gasteiger partial charge in [-0.2, -0.15) is 0 Å². The lowest BCUT2D eigenvalue weighted by Crippen LogP contribution is -2.60. The first-order valence-corrected chi connectivity index (χ1v) is 7.32. The average molecular weight is 265 g/mol. The number of hydrogen-bond acceptors (Lipinski definition) is 2. The third-order valence-corrected chi connectivity index (χ3v) is 5.48. The molecule has 2 N–H and O–H groups in total. The summed E-state index contributed by atoms with van der Waals surface area (Å²) >= 11 is 0. The normalized spacial score (nSPS) is 42.6. The summed E-state index contributed by atoms with van der Waals surface area (Å²) in [6, 6.07) is 1.73. The Bertz CT molecular complexity index is 396. The Morgan fingerprint density at radius 3 is 2.47 bits per heavy atom. The van der Waals surface area contributed by atoms with Gasteiger partial charge in [-0.15, -0.1) is 0 Å². The minimum atomic E-state index is -0.341.